The van der Waals surface area contributed by atoms with Gasteiger partial charge in [0.25, 0.3) is 5.69 Å². The van der Waals surface area contributed by atoms with E-state index in [4.69, 9.17) is 4.74 Å². The molecule has 3 aromatic carbocycles. The Morgan fingerprint density at radius 2 is 1.54 bits per heavy atom. The van der Waals surface area contributed by atoms with E-state index in [1.165, 1.54) is 12.1 Å². The number of para-hydroxylation sites is 1. The van der Waals surface area contributed by atoms with Crippen LogP contribution in [0.1, 0.15) is 5.56 Å². The first-order valence-corrected chi connectivity index (χ1v) is 7.34. The van der Waals surface area contributed by atoms with Crippen molar-refractivity contribution in [3.8, 4) is 5.75 Å². The Kier molecular flexibility index (Phi) is 4.62. The van der Waals surface area contributed by atoms with E-state index < -0.39 is 4.92 Å². The highest BCUT2D eigenvalue weighted by molar-refractivity contribution is 5.97. The Labute approximate surface area is 139 Å². The van der Waals surface area contributed by atoms with Crippen molar-refractivity contribution in [2.24, 2.45) is 4.99 Å². The third-order valence-corrected chi connectivity index (χ3v) is 3.25. The van der Waals surface area contributed by atoms with Gasteiger partial charge in [-0.1, -0.05) is 42.5 Å². The van der Waals surface area contributed by atoms with Crippen LogP contribution in [-0.2, 0) is 0 Å². The molecule has 0 spiro atoms. The zero-order chi connectivity index (χ0) is 16.8. The average Bonchev–Trinajstić information content (AvgIpc) is 2.63. The van der Waals surface area contributed by atoms with Crippen LogP contribution in [0.5, 0.6) is 5.75 Å². The molecule has 0 radical (unpaired) electrons. The van der Waals surface area contributed by atoms with Gasteiger partial charge >= 0.3 is 0 Å². The molecule has 0 aliphatic heterocycles. The van der Waals surface area contributed by atoms with Crippen LogP contribution >= 0.6 is 0 Å². The third-order valence-electron chi connectivity index (χ3n) is 3.25. The summed E-state index contributed by atoms with van der Waals surface area (Å²) in [5.41, 5.74) is 1.49. The van der Waals surface area contributed by atoms with Crippen molar-refractivity contribution in [1.82, 2.24) is 0 Å². The summed E-state index contributed by atoms with van der Waals surface area (Å²) in [5.74, 6) is 0.741. The molecule has 0 fully saturated rings. The van der Waals surface area contributed by atoms with Gasteiger partial charge in [0.15, 0.2) is 0 Å². The van der Waals surface area contributed by atoms with Crippen molar-refractivity contribution < 1.29 is 9.66 Å². The Bertz CT molecular complexity index is 862. The lowest BCUT2D eigenvalue weighted by Crippen LogP contribution is -2.10. The Morgan fingerprint density at radius 1 is 0.875 bits per heavy atom. The fourth-order valence-electron chi connectivity index (χ4n) is 2.12. The average molecular weight is 318 g/mol. The van der Waals surface area contributed by atoms with Crippen molar-refractivity contribution in [1.29, 1.82) is 0 Å². The van der Waals surface area contributed by atoms with Gasteiger partial charge < -0.3 is 4.74 Å². The lowest BCUT2D eigenvalue weighted by Gasteiger charge is -2.09. The first-order chi connectivity index (χ1) is 11.7. The van der Waals surface area contributed by atoms with Gasteiger partial charge in [-0.05, 0) is 30.3 Å². The second-order valence-electron chi connectivity index (χ2n) is 4.98. The first-order valence-electron chi connectivity index (χ1n) is 7.34. The topological polar surface area (TPSA) is 64.7 Å². The minimum Gasteiger partial charge on any atom is -0.438 e. The number of rotatable bonds is 4. The van der Waals surface area contributed by atoms with E-state index in [1.807, 2.05) is 60.7 Å². The fourth-order valence-corrected chi connectivity index (χ4v) is 2.12. The molecule has 0 amide bonds. The minimum absolute atomic E-state index is 0.0281. The Hall–Kier alpha value is -3.47. The number of ether oxygens (including phenoxy) is 1. The van der Waals surface area contributed by atoms with Gasteiger partial charge in [-0.15, -0.1) is 0 Å². The van der Waals surface area contributed by atoms with E-state index in [1.54, 1.807) is 12.1 Å². The molecule has 3 rings (SSSR count). The number of nitro groups is 1. The number of nitro benzene ring substituents is 1. The third kappa shape index (κ3) is 3.84. The molecule has 0 aromatic heterocycles. The largest absolute Gasteiger partial charge is 0.438 e. The smallest absolute Gasteiger partial charge is 0.273 e. The van der Waals surface area contributed by atoms with Crippen molar-refractivity contribution in [3.05, 3.63) is 101 Å². The van der Waals surface area contributed by atoms with Crippen molar-refractivity contribution >= 4 is 17.3 Å². The maximum atomic E-state index is 10.9. The SMILES string of the molecule is O=[N+]([O-])c1cccc(OC(=Nc2ccccc2)c2ccccc2)c1. The quantitative estimate of drug-likeness (QED) is 0.302. The standard InChI is InChI=1S/C19H14N2O3/c22-21(23)17-12-7-13-18(14-17)24-19(15-8-3-1-4-9-15)20-16-10-5-2-6-11-16/h1-14H. The summed E-state index contributed by atoms with van der Waals surface area (Å²) in [6, 6.07) is 24.8. The van der Waals surface area contributed by atoms with Crippen molar-refractivity contribution in [2.75, 3.05) is 0 Å². The second kappa shape index (κ2) is 7.19. The summed E-state index contributed by atoms with van der Waals surface area (Å²) in [5, 5.41) is 10.9. The molecule has 0 N–H and O–H groups in total. The van der Waals surface area contributed by atoms with Gasteiger partial charge in [0, 0.05) is 11.6 Å². The number of aliphatic imine (C=N–C) groups is 1. The summed E-state index contributed by atoms with van der Waals surface area (Å²) >= 11 is 0. The fraction of sp³-hybridized carbons (Fsp3) is 0. The molecule has 24 heavy (non-hydrogen) atoms. The predicted octanol–water partition coefficient (Wildman–Crippen LogP) is 4.75. The number of non-ortho nitro benzene ring substituents is 1. The van der Waals surface area contributed by atoms with Gasteiger partial charge in [-0.2, -0.15) is 0 Å². The highest BCUT2D eigenvalue weighted by atomic mass is 16.6. The molecule has 5 heteroatoms. The lowest BCUT2D eigenvalue weighted by molar-refractivity contribution is -0.384. The van der Waals surface area contributed by atoms with Crippen LogP contribution in [0.3, 0.4) is 0 Å². The highest BCUT2D eigenvalue weighted by Crippen LogP contribution is 2.22. The number of hydrogen-bond acceptors (Lipinski definition) is 4. The van der Waals surface area contributed by atoms with Crippen LogP contribution in [0.4, 0.5) is 11.4 Å². The summed E-state index contributed by atoms with van der Waals surface area (Å²) in [7, 11) is 0. The molecule has 0 bridgehead atoms. The van der Waals surface area contributed by atoms with E-state index in [9.17, 15) is 10.1 Å². The first kappa shape index (κ1) is 15.4. The predicted molar refractivity (Wildman–Crippen MR) is 92.8 cm³/mol. The monoisotopic (exact) mass is 318 g/mol. The van der Waals surface area contributed by atoms with Crippen LogP contribution in [0, 0.1) is 10.1 Å². The van der Waals surface area contributed by atoms with Gasteiger partial charge in [0.05, 0.1) is 16.7 Å². The molecular weight excluding hydrogens is 304 g/mol. The van der Waals surface area contributed by atoms with Gasteiger partial charge in [0.1, 0.15) is 5.75 Å². The zero-order valence-electron chi connectivity index (χ0n) is 12.7. The van der Waals surface area contributed by atoms with Crippen molar-refractivity contribution in [3.63, 3.8) is 0 Å². The number of hydrogen-bond donors (Lipinski definition) is 0. The van der Waals surface area contributed by atoms with Gasteiger partial charge in [0.2, 0.25) is 5.90 Å². The highest BCUT2D eigenvalue weighted by Gasteiger charge is 2.11. The molecule has 5 nitrogen and oxygen atoms in total. The lowest BCUT2D eigenvalue weighted by atomic mass is 10.2. The van der Waals surface area contributed by atoms with E-state index in [0.29, 0.717) is 11.6 Å². The van der Waals surface area contributed by atoms with Crippen LogP contribution in [0.15, 0.2) is 89.9 Å². The number of nitrogens with zero attached hydrogens (tertiary/aromatic N) is 2. The molecule has 0 heterocycles. The van der Waals surface area contributed by atoms with Gasteiger partial charge in [-0.3, -0.25) is 10.1 Å². The summed E-state index contributed by atoms with van der Waals surface area (Å²) in [6.07, 6.45) is 0. The Balaban J connectivity index is 1.98. The van der Waals surface area contributed by atoms with Crippen LogP contribution < -0.4 is 4.74 Å². The van der Waals surface area contributed by atoms with E-state index in [-0.39, 0.29) is 5.69 Å². The van der Waals surface area contributed by atoms with E-state index >= 15 is 0 Å². The summed E-state index contributed by atoms with van der Waals surface area (Å²) < 4.78 is 5.84. The zero-order valence-corrected chi connectivity index (χ0v) is 12.7. The Morgan fingerprint density at radius 3 is 2.21 bits per heavy atom. The maximum absolute atomic E-state index is 10.9. The molecule has 0 saturated carbocycles. The normalized spacial score (nSPS) is 11.1. The molecule has 0 aliphatic carbocycles. The maximum Gasteiger partial charge on any atom is 0.273 e. The molecular formula is C19H14N2O3. The van der Waals surface area contributed by atoms with E-state index in [0.717, 1.165) is 11.3 Å². The second-order valence-corrected chi connectivity index (χ2v) is 4.98. The van der Waals surface area contributed by atoms with Crippen LogP contribution in [0.25, 0.3) is 0 Å². The minimum atomic E-state index is -0.455. The molecule has 0 saturated heterocycles. The van der Waals surface area contributed by atoms with Crippen LogP contribution in [-0.4, -0.2) is 10.8 Å². The molecule has 0 aliphatic rings. The molecule has 3 aromatic rings. The molecule has 118 valence electrons. The van der Waals surface area contributed by atoms with Gasteiger partial charge in [-0.25, -0.2) is 4.99 Å². The molecule has 0 unspecified atom stereocenters. The van der Waals surface area contributed by atoms with Crippen LogP contribution in [0.2, 0.25) is 0 Å². The number of benzene rings is 3. The van der Waals surface area contributed by atoms with E-state index in [2.05, 4.69) is 4.99 Å². The summed E-state index contributed by atoms with van der Waals surface area (Å²) in [4.78, 5) is 15.0. The summed E-state index contributed by atoms with van der Waals surface area (Å²) in [6.45, 7) is 0. The van der Waals surface area contributed by atoms with Crippen molar-refractivity contribution in [2.45, 2.75) is 0 Å². The molecule has 0 atom stereocenters.